The Labute approximate surface area is 192 Å². The Balaban J connectivity index is 1.32. The second-order valence-electron chi connectivity index (χ2n) is 8.32. The van der Waals surface area contributed by atoms with Crippen LogP contribution in [0.25, 0.3) is 0 Å². The molecule has 3 N–H and O–H groups in total. The first-order valence-corrected chi connectivity index (χ1v) is 11.2. The fourth-order valence-corrected chi connectivity index (χ4v) is 4.90. The summed E-state index contributed by atoms with van der Waals surface area (Å²) in [6.45, 7) is 1.92. The normalized spacial score (nSPS) is 19.0. The number of benzene rings is 2. The van der Waals surface area contributed by atoms with E-state index in [1.165, 1.54) is 0 Å². The van der Waals surface area contributed by atoms with Gasteiger partial charge in [0.25, 0.3) is 5.91 Å². The van der Waals surface area contributed by atoms with E-state index in [1.807, 2.05) is 48.5 Å². The molecule has 1 unspecified atom stereocenters. The van der Waals surface area contributed by atoms with Gasteiger partial charge in [0, 0.05) is 42.6 Å². The number of nitrogens with zero attached hydrogens (tertiary/aromatic N) is 2. The minimum atomic E-state index is -0.634. The second kappa shape index (κ2) is 8.45. The molecule has 2 aliphatic rings. The van der Waals surface area contributed by atoms with Crippen LogP contribution in [0.5, 0.6) is 0 Å². The number of hydrogen-bond donors (Lipinski definition) is 2. The molecule has 164 valence electrons. The van der Waals surface area contributed by atoms with E-state index in [-0.39, 0.29) is 5.91 Å². The van der Waals surface area contributed by atoms with E-state index < -0.39 is 11.7 Å². The molecule has 0 aliphatic carbocycles. The van der Waals surface area contributed by atoms with Crippen molar-refractivity contribution in [2.75, 3.05) is 23.7 Å². The summed E-state index contributed by atoms with van der Waals surface area (Å²) in [5.74, 6) is 0.731. The number of amides is 1. The van der Waals surface area contributed by atoms with Crippen LogP contribution in [0.1, 0.15) is 35.6 Å². The molecule has 2 aromatic carbocycles. The van der Waals surface area contributed by atoms with Gasteiger partial charge in [0.2, 0.25) is 0 Å². The van der Waals surface area contributed by atoms with Crippen molar-refractivity contribution in [3.63, 3.8) is 0 Å². The first-order chi connectivity index (χ1) is 15.6. The first kappa shape index (κ1) is 20.8. The van der Waals surface area contributed by atoms with Gasteiger partial charge in [-0.25, -0.2) is 4.98 Å². The number of fused-ring (bicyclic) bond motifs is 2. The molecule has 0 bridgehead atoms. The Morgan fingerprint density at radius 3 is 2.69 bits per heavy atom. The van der Waals surface area contributed by atoms with Gasteiger partial charge in [0.05, 0.1) is 5.60 Å². The van der Waals surface area contributed by atoms with Crippen LogP contribution >= 0.6 is 11.6 Å². The van der Waals surface area contributed by atoms with E-state index in [4.69, 9.17) is 22.1 Å². The molecule has 1 amide bonds. The highest BCUT2D eigenvalue weighted by Gasteiger charge is 2.48. The summed E-state index contributed by atoms with van der Waals surface area (Å²) in [5.41, 5.74) is 9.10. The number of carbonyl (C=O) groups excluding carboxylic acids is 1. The number of pyridine rings is 1. The SMILES string of the molecule is Nc1ccnc(N2CCC3(CC2)OC(C(=O)NCc2ccccc2Cl)c2ccccc23)c1. The standard InChI is InChI=1S/C25H25ClN4O2/c26-21-8-4-1-5-17(21)16-29-24(31)23-19-6-2-3-7-20(19)25(32-23)10-13-30(14-11-25)22-15-18(27)9-12-28-22/h1-9,12,15,23H,10-11,13-14,16H2,(H2,27,28)(H,29,31). The van der Waals surface area contributed by atoms with Crippen molar-refractivity contribution in [3.8, 4) is 0 Å². The summed E-state index contributed by atoms with van der Waals surface area (Å²) in [7, 11) is 0. The van der Waals surface area contributed by atoms with E-state index in [2.05, 4.69) is 21.3 Å². The molecule has 2 aliphatic heterocycles. The third kappa shape index (κ3) is 3.80. The van der Waals surface area contributed by atoms with Gasteiger partial charge in [-0.1, -0.05) is 54.1 Å². The lowest BCUT2D eigenvalue weighted by Gasteiger charge is -2.40. The summed E-state index contributed by atoms with van der Waals surface area (Å²) < 4.78 is 6.53. The molecule has 1 spiro atoms. The summed E-state index contributed by atoms with van der Waals surface area (Å²) in [6.07, 6.45) is 2.64. The number of nitrogens with two attached hydrogens (primary N) is 1. The van der Waals surface area contributed by atoms with E-state index in [1.54, 1.807) is 12.3 Å². The minimum absolute atomic E-state index is 0.144. The molecular weight excluding hydrogens is 424 g/mol. The molecule has 3 heterocycles. The topological polar surface area (TPSA) is 80.5 Å². The van der Waals surface area contributed by atoms with E-state index in [9.17, 15) is 4.79 Å². The van der Waals surface area contributed by atoms with Gasteiger partial charge in [-0.15, -0.1) is 0 Å². The first-order valence-electron chi connectivity index (χ1n) is 10.8. The third-order valence-electron chi connectivity index (χ3n) is 6.39. The number of ether oxygens (including phenoxy) is 1. The van der Waals surface area contributed by atoms with Crippen LogP contribution in [-0.2, 0) is 21.7 Å². The van der Waals surface area contributed by atoms with Gasteiger partial charge >= 0.3 is 0 Å². The lowest BCUT2D eigenvalue weighted by Crippen LogP contribution is -2.43. The predicted molar refractivity (Wildman–Crippen MR) is 125 cm³/mol. The monoisotopic (exact) mass is 448 g/mol. The Morgan fingerprint density at radius 1 is 1.16 bits per heavy atom. The molecule has 7 heteroatoms. The molecule has 0 saturated carbocycles. The van der Waals surface area contributed by atoms with Gasteiger partial charge in [0.15, 0.2) is 6.10 Å². The Bertz CT molecular complexity index is 1140. The molecule has 32 heavy (non-hydrogen) atoms. The van der Waals surface area contributed by atoms with Crippen LogP contribution in [0.2, 0.25) is 5.02 Å². The van der Waals surface area contributed by atoms with Crippen molar-refractivity contribution >= 4 is 29.0 Å². The van der Waals surface area contributed by atoms with Crippen molar-refractivity contribution in [2.45, 2.75) is 31.1 Å². The number of anilines is 2. The zero-order chi connectivity index (χ0) is 22.1. The van der Waals surface area contributed by atoms with Crippen LogP contribution in [-0.4, -0.2) is 24.0 Å². The lowest BCUT2D eigenvalue weighted by molar-refractivity contribution is -0.147. The molecule has 1 saturated heterocycles. The predicted octanol–water partition coefficient (Wildman–Crippen LogP) is 4.20. The quantitative estimate of drug-likeness (QED) is 0.625. The number of hydrogen-bond acceptors (Lipinski definition) is 5. The second-order valence-corrected chi connectivity index (χ2v) is 8.73. The molecule has 5 rings (SSSR count). The van der Waals surface area contributed by atoms with Crippen molar-refractivity contribution < 1.29 is 9.53 Å². The van der Waals surface area contributed by atoms with Crippen LogP contribution in [0.4, 0.5) is 11.5 Å². The number of halogens is 1. The van der Waals surface area contributed by atoms with Gasteiger partial charge in [0.1, 0.15) is 5.82 Å². The zero-order valence-electron chi connectivity index (χ0n) is 17.6. The van der Waals surface area contributed by atoms with Crippen molar-refractivity contribution in [1.29, 1.82) is 0 Å². The number of nitrogens with one attached hydrogen (secondary N) is 1. The molecule has 1 atom stereocenters. The Morgan fingerprint density at radius 2 is 1.91 bits per heavy atom. The van der Waals surface area contributed by atoms with Crippen molar-refractivity contribution in [2.24, 2.45) is 0 Å². The summed E-state index contributed by atoms with van der Waals surface area (Å²) in [5, 5.41) is 3.64. The summed E-state index contributed by atoms with van der Waals surface area (Å²) in [6, 6.07) is 19.3. The van der Waals surface area contributed by atoms with Crippen LogP contribution in [0, 0.1) is 0 Å². The molecule has 1 aromatic heterocycles. The summed E-state index contributed by atoms with van der Waals surface area (Å²) >= 11 is 6.24. The highest BCUT2D eigenvalue weighted by Crippen LogP contribution is 2.49. The third-order valence-corrected chi connectivity index (χ3v) is 6.76. The highest BCUT2D eigenvalue weighted by molar-refractivity contribution is 6.31. The van der Waals surface area contributed by atoms with Crippen LogP contribution in [0.3, 0.4) is 0 Å². The van der Waals surface area contributed by atoms with Gasteiger partial charge in [-0.3, -0.25) is 4.79 Å². The Hall–Kier alpha value is -3.09. The van der Waals surface area contributed by atoms with Crippen molar-refractivity contribution in [1.82, 2.24) is 10.3 Å². The largest absolute Gasteiger partial charge is 0.399 e. The average Bonchev–Trinajstić information content (AvgIpc) is 3.13. The molecular formula is C25H25ClN4O2. The molecule has 3 aromatic rings. The van der Waals surface area contributed by atoms with Gasteiger partial charge in [-0.2, -0.15) is 0 Å². The Kier molecular flexibility index (Phi) is 5.49. The number of aromatic nitrogens is 1. The minimum Gasteiger partial charge on any atom is -0.399 e. The highest BCUT2D eigenvalue weighted by atomic mass is 35.5. The lowest BCUT2D eigenvalue weighted by atomic mass is 9.83. The smallest absolute Gasteiger partial charge is 0.254 e. The van der Waals surface area contributed by atoms with Crippen molar-refractivity contribution in [3.05, 3.63) is 88.6 Å². The fourth-order valence-electron chi connectivity index (χ4n) is 4.70. The summed E-state index contributed by atoms with van der Waals surface area (Å²) in [4.78, 5) is 19.8. The number of piperidine rings is 1. The van der Waals surface area contributed by atoms with Gasteiger partial charge in [-0.05, 0) is 41.7 Å². The number of rotatable bonds is 4. The van der Waals surface area contributed by atoms with E-state index in [0.29, 0.717) is 17.3 Å². The molecule has 0 radical (unpaired) electrons. The molecule has 1 fully saturated rings. The van der Waals surface area contributed by atoms with E-state index in [0.717, 1.165) is 48.4 Å². The number of nitrogen functional groups attached to an aromatic ring is 1. The van der Waals surface area contributed by atoms with Crippen LogP contribution < -0.4 is 16.0 Å². The fraction of sp³-hybridized carbons (Fsp3) is 0.280. The maximum atomic E-state index is 13.1. The van der Waals surface area contributed by atoms with Gasteiger partial charge < -0.3 is 20.7 Å². The maximum absolute atomic E-state index is 13.1. The van der Waals surface area contributed by atoms with Crippen LogP contribution in [0.15, 0.2) is 66.9 Å². The zero-order valence-corrected chi connectivity index (χ0v) is 18.4. The maximum Gasteiger partial charge on any atom is 0.254 e. The molecule has 6 nitrogen and oxygen atoms in total. The average molecular weight is 449 g/mol. The van der Waals surface area contributed by atoms with E-state index >= 15 is 0 Å². The number of carbonyl (C=O) groups is 1.